The topological polar surface area (TPSA) is 69.7 Å². The summed E-state index contributed by atoms with van der Waals surface area (Å²) in [6.45, 7) is 2.38. The molecule has 18 heavy (non-hydrogen) atoms. The normalized spacial score (nSPS) is 19.9. The molecule has 0 saturated carbocycles. The highest BCUT2D eigenvalue weighted by Gasteiger charge is 2.21. The van der Waals surface area contributed by atoms with E-state index in [2.05, 4.69) is 17.0 Å². The summed E-state index contributed by atoms with van der Waals surface area (Å²) in [4.78, 5) is 2.22. The number of hydrogen-bond acceptors (Lipinski definition) is 4. The molecule has 1 heterocycles. The Morgan fingerprint density at radius 1 is 1.22 bits per heavy atom. The van der Waals surface area contributed by atoms with Crippen LogP contribution in [0.3, 0.4) is 0 Å². The third-order valence-corrected chi connectivity index (χ3v) is 3.68. The highest BCUT2D eigenvalue weighted by Crippen LogP contribution is 2.28. The second-order valence-electron chi connectivity index (χ2n) is 5.08. The Bertz CT molecular complexity index is 359. The summed E-state index contributed by atoms with van der Waals surface area (Å²) < 4.78 is 0. The van der Waals surface area contributed by atoms with E-state index < -0.39 is 6.10 Å². The summed E-state index contributed by atoms with van der Waals surface area (Å²) in [5.41, 5.74) is 7.85. The van der Waals surface area contributed by atoms with Gasteiger partial charge in [0.15, 0.2) is 0 Å². The van der Waals surface area contributed by atoms with E-state index in [0.717, 1.165) is 31.6 Å². The van der Waals surface area contributed by atoms with E-state index in [0.29, 0.717) is 12.5 Å². The average molecular weight is 250 g/mol. The Kier molecular flexibility index (Phi) is 4.58. The van der Waals surface area contributed by atoms with Gasteiger partial charge in [-0.25, -0.2) is 0 Å². The Morgan fingerprint density at radius 3 is 2.39 bits per heavy atom. The largest absolute Gasteiger partial charge is 0.399 e. The van der Waals surface area contributed by atoms with Crippen molar-refractivity contribution in [2.24, 2.45) is 0 Å². The van der Waals surface area contributed by atoms with Crippen LogP contribution in [0.1, 0.15) is 24.3 Å². The van der Waals surface area contributed by atoms with Gasteiger partial charge in [-0.2, -0.15) is 0 Å². The molecule has 1 aromatic rings. The Balaban J connectivity index is 1.84. The van der Waals surface area contributed by atoms with E-state index in [9.17, 15) is 5.11 Å². The van der Waals surface area contributed by atoms with Gasteiger partial charge < -0.3 is 20.8 Å². The Labute approximate surface area is 108 Å². The molecule has 1 saturated heterocycles. The summed E-state index contributed by atoms with van der Waals surface area (Å²) in [6.07, 6.45) is 1.59. The summed E-state index contributed by atoms with van der Waals surface area (Å²) in [5.74, 6) is 0.591. The molecule has 4 nitrogen and oxygen atoms in total. The number of anilines is 1. The van der Waals surface area contributed by atoms with Crippen LogP contribution in [0, 0.1) is 0 Å². The number of nitrogen functional groups attached to an aromatic ring is 1. The van der Waals surface area contributed by atoms with E-state index in [4.69, 9.17) is 10.8 Å². The molecule has 100 valence electrons. The second kappa shape index (κ2) is 6.18. The number of nitrogens with two attached hydrogens (primary N) is 1. The van der Waals surface area contributed by atoms with Crippen molar-refractivity contribution in [2.75, 3.05) is 32.0 Å². The Morgan fingerprint density at radius 2 is 1.83 bits per heavy atom. The van der Waals surface area contributed by atoms with E-state index in [1.165, 1.54) is 5.56 Å². The van der Waals surface area contributed by atoms with Crippen LogP contribution in [0.4, 0.5) is 5.69 Å². The van der Waals surface area contributed by atoms with Crippen LogP contribution < -0.4 is 5.73 Å². The number of nitrogens with zero attached hydrogens (tertiary/aromatic N) is 1. The van der Waals surface area contributed by atoms with Gasteiger partial charge in [0.05, 0.1) is 12.7 Å². The van der Waals surface area contributed by atoms with Gasteiger partial charge in [0.2, 0.25) is 0 Å². The number of β-amino-alcohol motifs (C(OH)–C–C–N with tert-alkyl or cyclic N) is 1. The molecule has 1 aromatic carbocycles. The first kappa shape index (κ1) is 13.3. The SMILES string of the molecule is Nc1ccc(C2CCN(CC(O)CO)CC2)cc1. The number of benzene rings is 1. The number of piperidine rings is 1. The van der Waals surface area contributed by atoms with Crippen LogP contribution in [-0.4, -0.2) is 47.5 Å². The van der Waals surface area contributed by atoms with Crippen molar-refractivity contribution in [3.05, 3.63) is 29.8 Å². The van der Waals surface area contributed by atoms with Gasteiger partial charge in [-0.1, -0.05) is 12.1 Å². The maximum absolute atomic E-state index is 9.42. The molecule has 1 unspecified atom stereocenters. The number of aliphatic hydroxyl groups excluding tert-OH is 2. The first-order valence-corrected chi connectivity index (χ1v) is 6.55. The summed E-state index contributed by atoms with van der Waals surface area (Å²) in [6, 6.07) is 8.13. The Hall–Kier alpha value is -1.10. The maximum Gasteiger partial charge on any atom is 0.0897 e. The van der Waals surface area contributed by atoms with Crippen molar-refractivity contribution < 1.29 is 10.2 Å². The van der Waals surface area contributed by atoms with E-state index in [1.54, 1.807) is 0 Å². The van der Waals surface area contributed by atoms with Crippen LogP contribution in [0.15, 0.2) is 24.3 Å². The maximum atomic E-state index is 9.42. The van der Waals surface area contributed by atoms with E-state index >= 15 is 0 Å². The fourth-order valence-electron chi connectivity index (χ4n) is 2.57. The molecule has 0 aromatic heterocycles. The zero-order valence-corrected chi connectivity index (χ0v) is 10.6. The molecule has 4 N–H and O–H groups in total. The molecule has 1 aliphatic rings. The fourth-order valence-corrected chi connectivity index (χ4v) is 2.57. The van der Waals surface area contributed by atoms with Gasteiger partial charge >= 0.3 is 0 Å². The van der Waals surface area contributed by atoms with Crippen molar-refractivity contribution in [2.45, 2.75) is 24.9 Å². The molecule has 1 aliphatic heterocycles. The highest BCUT2D eigenvalue weighted by molar-refractivity contribution is 5.40. The van der Waals surface area contributed by atoms with Gasteiger partial charge in [-0.15, -0.1) is 0 Å². The lowest BCUT2D eigenvalue weighted by Crippen LogP contribution is -2.39. The molecule has 0 radical (unpaired) electrons. The third kappa shape index (κ3) is 3.45. The summed E-state index contributed by atoms with van der Waals surface area (Å²) in [7, 11) is 0. The molecule has 4 heteroatoms. The van der Waals surface area contributed by atoms with Crippen LogP contribution in [0.5, 0.6) is 0 Å². The fraction of sp³-hybridized carbons (Fsp3) is 0.571. The minimum atomic E-state index is -0.613. The number of aliphatic hydroxyl groups is 2. The molecule has 0 spiro atoms. The molecular weight excluding hydrogens is 228 g/mol. The molecule has 1 fully saturated rings. The lowest BCUT2D eigenvalue weighted by molar-refractivity contribution is 0.0513. The van der Waals surface area contributed by atoms with E-state index in [-0.39, 0.29) is 6.61 Å². The standard InChI is InChI=1S/C14H22N2O2/c15-13-3-1-11(2-4-13)12-5-7-16(8-6-12)9-14(18)10-17/h1-4,12,14,17-18H,5-10,15H2. The molecule has 2 rings (SSSR count). The smallest absolute Gasteiger partial charge is 0.0897 e. The van der Waals surface area contributed by atoms with Gasteiger partial charge in [-0.05, 0) is 49.5 Å². The number of likely N-dealkylation sites (tertiary alicyclic amines) is 1. The van der Waals surface area contributed by atoms with Gasteiger partial charge in [0.1, 0.15) is 0 Å². The molecule has 0 bridgehead atoms. The highest BCUT2D eigenvalue weighted by atomic mass is 16.3. The summed E-state index contributed by atoms with van der Waals surface area (Å²) >= 11 is 0. The first-order valence-electron chi connectivity index (χ1n) is 6.55. The zero-order valence-electron chi connectivity index (χ0n) is 10.6. The zero-order chi connectivity index (χ0) is 13.0. The van der Waals surface area contributed by atoms with Crippen LogP contribution in [0.2, 0.25) is 0 Å². The number of hydrogen-bond donors (Lipinski definition) is 3. The van der Waals surface area contributed by atoms with Crippen molar-refractivity contribution in [3.63, 3.8) is 0 Å². The van der Waals surface area contributed by atoms with Crippen LogP contribution in [0.25, 0.3) is 0 Å². The predicted molar refractivity (Wildman–Crippen MR) is 72.4 cm³/mol. The minimum absolute atomic E-state index is 0.155. The van der Waals surface area contributed by atoms with Crippen molar-refractivity contribution in [3.8, 4) is 0 Å². The van der Waals surface area contributed by atoms with E-state index in [1.807, 2.05) is 12.1 Å². The van der Waals surface area contributed by atoms with Crippen LogP contribution in [-0.2, 0) is 0 Å². The van der Waals surface area contributed by atoms with Crippen molar-refractivity contribution in [1.29, 1.82) is 0 Å². The average Bonchev–Trinajstić information content (AvgIpc) is 2.40. The van der Waals surface area contributed by atoms with Crippen molar-refractivity contribution >= 4 is 5.69 Å². The summed E-state index contributed by atoms with van der Waals surface area (Å²) in [5, 5.41) is 18.3. The molecule has 0 amide bonds. The molecule has 0 aliphatic carbocycles. The molecular formula is C14H22N2O2. The second-order valence-corrected chi connectivity index (χ2v) is 5.08. The van der Waals surface area contributed by atoms with Gasteiger partial charge in [0.25, 0.3) is 0 Å². The molecule has 1 atom stereocenters. The third-order valence-electron chi connectivity index (χ3n) is 3.68. The van der Waals surface area contributed by atoms with Crippen LogP contribution >= 0.6 is 0 Å². The minimum Gasteiger partial charge on any atom is -0.399 e. The van der Waals surface area contributed by atoms with Gasteiger partial charge in [-0.3, -0.25) is 0 Å². The monoisotopic (exact) mass is 250 g/mol. The van der Waals surface area contributed by atoms with Gasteiger partial charge in [0, 0.05) is 12.2 Å². The lowest BCUT2D eigenvalue weighted by atomic mass is 9.89. The lowest BCUT2D eigenvalue weighted by Gasteiger charge is -2.33. The predicted octanol–water partition coefficient (Wildman–Crippen LogP) is 0.801. The van der Waals surface area contributed by atoms with Crippen molar-refractivity contribution in [1.82, 2.24) is 4.90 Å². The number of rotatable bonds is 4. The first-order chi connectivity index (χ1) is 8.69. The quantitative estimate of drug-likeness (QED) is 0.691.